The van der Waals surface area contributed by atoms with Crippen LogP contribution in [-0.2, 0) is 4.79 Å². The fraction of sp³-hybridized carbons (Fsp3) is 0.462. The zero-order chi connectivity index (χ0) is 11.5. The van der Waals surface area contributed by atoms with Gasteiger partial charge in [-0.1, -0.05) is 25.0 Å². The lowest BCUT2D eigenvalue weighted by atomic mass is 10.1. The Bertz CT molecular complexity index is 375. The topological polar surface area (TPSA) is 55.1 Å². The maximum absolute atomic E-state index is 12.0. The Balaban J connectivity index is 2.11. The summed E-state index contributed by atoms with van der Waals surface area (Å²) in [6.45, 7) is 1.96. The molecular formula is C13H18N2O. The molecule has 0 spiro atoms. The van der Waals surface area contributed by atoms with Crippen LogP contribution in [0.3, 0.4) is 0 Å². The largest absolute Gasteiger partial charge is 0.397 e. The van der Waals surface area contributed by atoms with Gasteiger partial charge >= 0.3 is 0 Å². The normalized spacial score (nSPS) is 16.3. The van der Waals surface area contributed by atoms with Crippen molar-refractivity contribution in [2.24, 2.45) is 5.92 Å². The molecule has 3 N–H and O–H groups in total. The van der Waals surface area contributed by atoms with Gasteiger partial charge in [-0.3, -0.25) is 4.79 Å². The Morgan fingerprint density at radius 1 is 1.38 bits per heavy atom. The van der Waals surface area contributed by atoms with Crippen molar-refractivity contribution in [2.45, 2.75) is 32.6 Å². The van der Waals surface area contributed by atoms with Crippen LogP contribution in [0.4, 0.5) is 11.4 Å². The lowest BCUT2D eigenvalue weighted by Gasteiger charge is -2.14. The molecule has 0 atom stereocenters. The molecule has 2 rings (SSSR count). The molecule has 1 fully saturated rings. The summed E-state index contributed by atoms with van der Waals surface area (Å²) in [5.74, 6) is 0.303. The van der Waals surface area contributed by atoms with Crippen LogP contribution in [0, 0.1) is 12.8 Å². The second-order valence-electron chi connectivity index (χ2n) is 4.51. The van der Waals surface area contributed by atoms with E-state index in [0.29, 0.717) is 5.69 Å². The maximum atomic E-state index is 12.0. The highest BCUT2D eigenvalue weighted by atomic mass is 16.1. The molecular weight excluding hydrogens is 200 g/mol. The number of rotatable bonds is 2. The van der Waals surface area contributed by atoms with Gasteiger partial charge < -0.3 is 11.1 Å². The SMILES string of the molecule is Cc1cccc(N)c1NC(=O)C1CCCC1. The molecule has 1 aromatic rings. The first-order chi connectivity index (χ1) is 7.68. The molecule has 0 radical (unpaired) electrons. The van der Waals surface area contributed by atoms with E-state index in [1.54, 1.807) is 0 Å². The van der Waals surface area contributed by atoms with Gasteiger partial charge in [0.05, 0.1) is 11.4 Å². The summed E-state index contributed by atoms with van der Waals surface area (Å²) in [6.07, 6.45) is 4.36. The Labute approximate surface area is 96.0 Å². The molecule has 1 aliphatic carbocycles. The van der Waals surface area contributed by atoms with E-state index in [0.717, 1.165) is 24.1 Å². The van der Waals surface area contributed by atoms with Gasteiger partial charge in [0.2, 0.25) is 5.91 Å². The highest BCUT2D eigenvalue weighted by Gasteiger charge is 2.23. The third-order valence-corrected chi connectivity index (χ3v) is 3.28. The number of benzene rings is 1. The van der Waals surface area contributed by atoms with Crippen LogP contribution >= 0.6 is 0 Å². The van der Waals surface area contributed by atoms with Gasteiger partial charge in [0.25, 0.3) is 0 Å². The average molecular weight is 218 g/mol. The van der Waals surface area contributed by atoms with E-state index in [-0.39, 0.29) is 11.8 Å². The van der Waals surface area contributed by atoms with Crippen LogP contribution in [0.1, 0.15) is 31.2 Å². The fourth-order valence-electron chi connectivity index (χ4n) is 2.27. The molecule has 1 saturated carbocycles. The molecule has 3 nitrogen and oxygen atoms in total. The quantitative estimate of drug-likeness (QED) is 0.750. The second kappa shape index (κ2) is 4.56. The van der Waals surface area contributed by atoms with E-state index >= 15 is 0 Å². The maximum Gasteiger partial charge on any atom is 0.227 e. The minimum Gasteiger partial charge on any atom is -0.397 e. The van der Waals surface area contributed by atoms with Crippen molar-refractivity contribution in [1.29, 1.82) is 0 Å². The number of nitrogens with two attached hydrogens (primary N) is 1. The standard InChI is InChI=1S/C13H18N2O/c1-9-5-4-8-11(14)12(9)15-13(16)10-6-2-3-7-10/h4-5,8,10H,2-3,6-7,14H2,1H3,(H,15,16). The zero-order valence-corrected chi connectivity index (χ0v) is 9.62. The van der Waals surface area contributed by atoms with Crippen LogP contribution in [0.25, 0.3) is 0 Å². The Morgan fingerprint density at radius 2 is 2.06 bits per heavy atom. The Morgan fingerprint density at radius 3 is 2.69 bits per heavy atom. The highest BCUT2D eigenvalue weighted by Crippen LogP contribution is 2.28. The number of anilines is 2. The number of para-hydroxylation sites is 1. The first kappa shape index (κ1) is 11.0. The van der Waals surface area contributed by atoms with E-state index in [2.05, 4.69) is 5.32 Å². The molecule has 16 heavy (non-hydrogen) atoms. The number of hydrogen-bond acceptors (Lipinski definition) is 2. The minimum absolute atomic E-state index is 0.124. The molecule has 0 saturated heterocycles. The highest BCUT2D eigenvalue weighted by molar-refractivity contribution is 5.96. The van der Waals surface area contributed by atoms with Gasteiger partial charge in [-0.25, -0.2) is 0 Å². The predicted molar refractivity (Wildman–Crippen MR) is 66.2 cm³/mol. The number of amides is 1. The van der Waals surface area contributed by atoms with Crippen molar-refractivity contribution in [3.8, 4) is 0 Å². The molecule has 0 bridgehead atoms. The monoisotopic (exact) mass is 218 g/mol. The number of aryl methyl sites for hydroxylation is 1. The van der Waals surface area contributed by atoms with E-state index < -0.39 is 0 Å². The summed E-state index contributed by atoms with van der Waals surface area (Å²) in [5.41, 5.74) is 8.30. The fourth-order valence-corrected chi connectivity index (χ4v) is 2.27. The van der Waals surface area contributed by atoms with E-state index in [4.69, 9.17) is 5.73 Å². The molecule has 86 valence electrons. The van der Waals surface area contributed by atoms with Gasteiger partial charge in [-0.2, -0.15) is 0 Å². The third-order valence-electron chi connectivity index (χ3n) is 3.28. The van der Waals surface area contributed by atoms with Gasteiger partial charge in [-0.15, -0.1) is 0 Å². The molecule has 0 aromatic heterocycles. The molecule has 0 heterocycles. The van der Waals surface area contributed by atoms with Gasteiger partial charge in [-0.05, 0) is 31.4 Å². The van der Waals surface area contributed by atoms with Crippen molar-refractivity contribution in [1.82, 2.24) is 0 Å². The summed E-state index contributed by atoms with van der Waals surface area (Å²) in [7, 11) is 0. The van der Waals surface area contributed by atoms with Crippen molar-refractivity contribution in [3.63, 3.8) is 0 Å². The lowest BCUT2D eigenvalue weighted by molar-refractivity contribution is -0.119. The van der Waals surface area contributed by atoms with Crippen LogP contribution in [0.5, 0.6) is 0 Å². The van der Waals surface area contributed by atoms with E-state index in [1.807, 2.05) is 25.1 Å². The van der Waals surface area contributed by atoms with Crippen LogP contribution in [0.2, 0.25) is 0 Å². The number of nitrogen functional groups attached to an aromatic ring is 1. The van der Waals surface area contributed by atoms with Crippen LogP contribution in [0.15, 0.2) is 18.2 Å². The average Bonchev–Trinajstić information content (AvgIpc) is 2.76. The number of hydrogen-bond donors (Lipinski definition) is 2. The molecule has 1 amide bonds. The number of carbonyl (C=O) groups is 1. The van der Waals surface area contributed by atoms with E-state index in [9.17, 15) is 4.79 Å². The Kier molecular flexibility index (Phi) is 3.13. The van der Waals surface area contributed by atoms with Gasteiger partial charge in [0, 0.05) is 5.92 Å². The van der Waals surface area contributed by atoms with E-state index in [1.165, 1.54) is 12.8 Å². The van der Waals surface area contributed by atoms with Crippen molar-refractivity contribution in [2.75, 3.05) is 11.1 Å². The third kappa shape index (κ3) is 2.18. The van der Waals surface area contributed by atoms with Crippen molar-refractivity contribution >= 4 is 17.3 Å². The predicted octanol–water partition coefficient (Wildman–Crippen LogP) is 2.71. The molecule has 1 aromatic carbocycles. The summed E-state index contributed by atoms with van der Waals surface area (Å²) in [5, 5.41) is 2.96. The van der Waals surface area contributed by atoms with Crippen molar-refractivity contribution < 1.29 is 4.79 Å². The number of carbonyl (C=O) groups excluding carboxylic acids is 1. The zero-order valence-electron chi connectivity index (χ0n) is 9.62. The van der Waals surface area contributed by atoms with Gasteiger partial charge in [0.15, 0.2) is 0 Å². The summed E-state index contributed by atoms with van der Waals surface area (Å²) in [4.78, 5) is 12.0. The lowest BCUT2D eigenvalue weighted by Crippen LogP contribution is -2.21. The molecule has 3 heteroatoms. The molecule has 1 aliphatic rings. The van der Waals surface area contributed by atoms with Crippen LogP contribution < -0.4 is 11.1 Å². The summed E-state index contributed by atoms with van der Waals surface area (Å²) < 4.78 is 0. The first-order valence-corrected chi connectivity index (χ1v) is 5.84. The smallest absolute Gasteiger partial charge is 0.227 e. The van der Waals surface area contributed by atoms with Crippen molar-refractivity contribution in [3.05, 3.63) is 23.8 Å². The Hall–Kier alpha value is -1.51. The number of nitrogens with one attached hydrogen (secondary N) is 1. The minimum atomic E-state index is 0.124. The first-order valence-electron chi connectivity index (χ1n) is 5.84. The summed E-state index contributed by atoms with van der Waals surface area (Å²) >= 11 is 0. The van der Waals surface area contributed by atoms with Crippen LogP contribution in [-0.4, -0.2) is 5.91 Å². The summed E-state index contributed by atoms with van der Waals surface area (Å²) in [6, 6.07) is 5.67. The molecule has 0 unspecified atom stereocenters. The second-order valence-corrected chi connectivity index (χ2v) is 4.51. The molecule has 0 aliphatic heterocycles. The van der Waals surface area contributed by atoms with Gasteiger partial charge in [0.1, 0.15) is 0 Å².